The standard InChI is InChI=1S/C23H24ClN3O2/c1-16-23(11-14-27(16)19-7-8-21(25-2)20(24)15-19)9-12-26(13-10-23)18-5-3-17(4-6-18)22(28)29/h3-8,15-16H,9-14H2,1H3,(H,28,29). The van der Waals surface area contributed by atoms with Crippen LogP contribution in [0.3, 0.4) is 0 Å². The molecule has 2 aromatic carbocycles. The van der Waals surface area contributed by atoms with Crippen molar-refractivity contribution in [2.24, 2.45) is 5.41 Å². The van der Waals surface area contributed by atoms with E-state index in [1.807, 2.05) is 30.3 Å². The van der Waals surface area contributed by atoms with Crippen LogP contribution in [0.15, 0.2) is 42.5 Å². The molecule has 29 heavy (non-hydrogen) atoms. The van der Waals surface area contributed by atoms with Gasteiger partial charge in [0.05, 0.1) is 12.1 Å². The van der Waals surface area contributed by atoms with Crippen molar-refractivity contribution in [2.45, 2.75) is 32.2 Å². The highest BCUT2D eigenvalue weighted by atomic mass is 35.5. The van der Waals surface area contributed by atoms with Gasteiger partial charge in [0.1, 0.15) is 0 Å². The molecule has 5 nitrogen and oxygen atoms in total. The summed E-state index contributed by atoms with van der Waals surface area (Å²) in [6, 6.07) is 13.3. The number of nitrogens with zero attached hydrogens (tertiary/aromatic N) is 3. The van der Waals surface area contributed by atoms with Crippen LogP contribution in [0.2, 0.25) is 5.02 Å². The maximum Gasteiger partial charge on any atom is 0.335 e. The Hall–Kier alpha value is -2.71. The van der Waals surface area contributed by atoms with E-state index in [2.05, 4.69) is 21.6 Å². The summed E-state index contributed by atoms with van der Waals surface area (Å²) in [4.78, 5) is 19.3. The fourth-order valence-corrected chi connectivity index (χ4v) is 5.10. The quantitative estimate of drug-likeness (QED) is 0.682. The first-order valence-electron chi connectivity index (χ1n) is 9.95. The first-order valence-corrected chi connectivity index (χ1v) is 10.3. The third-order valence-corrected chi connectivity index (χ3v) is 7.13. The van der Waals surface area contributed by atoms with Crippen LogP contribution >= 0.6 is 11.6 Å². The smallest absolute Gasteiger partial charge is 0.335 e. The number of carboxylic acids is 1. The van der Waals surface area contributed by atoms with Crippen LogP contribution in [-0.4, -0.2) is 36.8 Å². The molecule has 1 N–H and O–H groups in total. The van der Waals surface area contributed by atoms with E-state index in [0.29, 0.717) is 22.3 Å². The molecule has 150 valence electrons. The van der Waals surface area contributed by atoms with Crippen LogP contribution in [0.4, 0.5) is 17.1 Å². The zero-order chi connectivity index (χ0) is 20.6. The summed E-state index contributed by atoms with van der Waals surface area (Å²) >= 11 is 6.27. The lowest BCUT2D eigenvalue weighted by atomic mass is 9.73. The molecule has 2 heterocycles. The minimum Gasteiger partial charge on any atom is -0.478 e. The second-order valence-corrected chi connectivity index (χ2v) is 8.48. The summed E-state index contributed by atoms with van der Waals surface area (Å²) in [6.45, 7) is 12.4. The SMILES string of the molecule is [C-]#[N+]c1ccc(N2CCC3(CCN(c4ccc(C(=O)O)cc4)CC3)C2C)cc1Cl. The van der Waals surface area contributed by atoms with E-state index in [1.165, 1.54) is 0 Å². The maximum atomic E-state index is 11.1. The number of anilines is 2. The van der Waals surface area contributed by atoms with Gasteiger partial charge in [-0.3, -0.25) is 0 Å². The second-order valence-electron chi connectivity index (χ2n) is 8.07. The molecule has 4 rings (SSSR count). The molecule has 6 heteroatoms. The molecule has 0 bridgehead atoms. The number of hydrogen-bond acceptors (Lipinski definition) is 3. The van der Waals surface area contributed by atoms with Crippen molar-refractivity contribution < 1.29 is 9.90 Å². The average molecular weight is 410 g/mol. The Bertz CT molecular complexity index is 959. The molecule has 2 aliphatic heterocycles. The van der Waals surface area contributed by atoms with Crippen LogP contribution in [0.25, 0.3) is 4.85 Å². The summed E-state index contributed by atoms with van der Waals surface area (Å²) in [6.07, 6.45) is 3.38. The summed E-state index contributed by atoms with van der Waals surface area (Å²) in [7, 11) is 0. The molecule has 2 aromatic rings. The number of carbonyl (C=O) groups is 1. The van der Waals surface area contributed by atoms with Crippen molar-refractivity contribution in [1.82, 2.24) is 0 Å². The number of piperidine rings is 1. The van der Waals surface area contributed by atoms with Gasteiger partial charge >= 0.3 is 5.97 Å². The van der Waals surface area contributed by atoms with Gasteiger partial charge in [-0.2, -0.15) is 0 Å². The minimum absolute atomic E-state index is 0.280. The average Bonchev–Trinajstić information content (AvgIpc) is 3.04. The lowest BCUT2D eigenvalue weighted by molar-refractivity contribution is 0.0697. The highest BCUT2D eigenvalue weighted by molar-refractivity contribution is 6.33. The Balaban J connectivity index is 1.45. The number of benzene rings is 2. The molecule has 1 unspecified atom stereocenters. The van der Waals surface area contributed by atoms with Gasteiger partial charge in [-0.15, -0.1) is 0 Å². The summed E-state index contributed by atoms with van der Waals surface area (Å²) in [5, 5.41) is 9.60. The van der Waals surface area contributed by atoms with Crippen LogP contribution in [0.5, 0.6) is 0 Å². The summed E-state index contributed by atoms with van der Waals surface area (Å²) < 4.78 is 0. The topological polar surface area (TPSA) is 48.1 Å². The Morgan fingerprint density at radius 3 is 2.31 bits per heavy atom. The normalized spacial score (nSPS) is 20.7. The van der Waals surface area contributed by atoms with Crippen molar-refractivity contribution >= 4 is 34.6 Å². The van der Waals surface area contributed by atoms with E-state index in [1.54, 1.807) is 12.1 Å². The van der Waals surface area contributed by atoms with E-state index in [0.717, 1.165) is 50.3 Å². The summed E-state index contributed by atoms with van der Waals surface area (Å²) in [5.74, 6) is -0.890. The van der Waals surface area contributed by atoms with Crippen LogP contribution in [-0.2, 0) is 0 Å². The van der Waals surface area contributed by atoms with E-state index in [9.17, 15) is 4.79 Å². The van der Waals surface area contributed by atoms with Crippen molar-refractivity contribution in [3.05, 3.63) is 64.5 Å². The lowest BCUT2D eigenvalue weighted by Crippen LogP contribution is -2.46. The van der Waals surface area contributed by atoms with Gasteiger partial charge in [0.2, 0.25) is 5.69 Å². The Morgan fingerprint density at radius 2 is 1.72 bits per heavy atom. The molecule has 0 radical (unpaired) electrons. The third kappa shape index (κ3) is 3.54. The third-order valence-electron chi connectivity index (χ3n) is 6.83. The fraction of sp³-hybridized carbons (Fsp3) is 0.391. The predicted molar refractivity (Wildman–Crippen MR) is 116 cm³/mol. The molecule has 0 aliphatic carbocycles. The highest BCUT2D eigenvalue weighted by Crippen LogP contribution is 2.48. The van der Waals surface area contributed by atoms with Crippen LogP contribution in [0, 0.1) is 12.0 Å². The first-order chi connectivity index (χ1) is 13.9. The molecule has 1 atom stereocenters. The van der Waals surface area contributed by atoms with E-state index < -0.39 is 5.97 Å². The molecule has 0 aromatic heterocycles. The highest BCUT2D eigenvalue weighted by Gasteiger charge is 2.46. The van der Waals surface area contributed by atoms with Crippen molar-refractivity contribution in [2.75, 3.05) is 29.4 Å². The molecule has 2 aliphatic rings. The van der Waals surface area contributed by atoms with E-state index >= 15 is 0 Å². The monoisotopic (exact) mass is 409 g/mol. The number of halogens is 1. The van der Waals surface area contributed by atoms with E-state index in [4.69, 9.17) is 23.3 Å². The van der Waals surface area contributed by atoms with Gasteiger partial charge in [0, 0.05) is 42.1 Å². The molecular formula is C23H24ClN3O2. The molecular weight excluding hydrogens is 386 g/mol. The van der Waals surface area contributed by atoms with Crippen LogP contribution in [0.1, 0.15) is 36.5 Å². The van der Waals surface area contributed by atoms with Crippen molar-refractivity contribution in [3.63, 3.8) is 0 Å². The Kier molecular flexibility index (Phi) is 5.14. The Morgan fingerprint density at radius 1 is 1.10 bits per heavy atom. The summed E-state index contributed by atoms with van der Waals surface area (Å²) in [5.41, 5.74) is 3.29. The zero-order valence-corrected chi connectivity index (χ0v) is 17.2. The number of carboxylic acid groups (broad SMARTS) is 1. The molecule has 2 saturated heterocycles. The van der Waals surface area contributed by atoms with Gasteiger partial charge in [0.25, 0.3) is 0 Å². The van der Waals surface area contributed by atoms with Crippen molar-refractivity contribution in [1.29, 1.82) is 0 Å². The molecule has 0 saturated carbocycles. The van der Waals surface area contributed by atoms with Gasteiger partial charge < -0.3 is 14.9 Å². The van der Waals surface area contributed by atoms with Gasteiger partial charge in [0.15, 0.2) is 0 Å². The van der Waals surface area contributed by atoms with Gasteiger partial charge in [-0.1, -0.05) is 17.7 Å². The minimum atomic E-state index is -0.890. The largest absolute Gasteiger partial charge is 0.478 e. The molecule has 1 spiro atoms. The first kappa shape index (κ1) is 19.6. The van der Waals surface area contributed by atoms with Crippen molar-refractivity contribution in [3.8, 4) is 0 Å². The number of hydrogen-bond donors (Lipinski definition) is 1. The van der Waals surface area contributed by atoms with Crippen LogP contribution < -0.4 is 9.80 Å². The Labute approximate surface area is 176 Å². The van der Waals surface area contributed by atoms with Gasteiger partial charge in [-0.05, 0) is 68.0 Å². The predicted octanol–water partition coefficient (Wildman–Crippen LogP) is 5.47. The maximum absolute atomic E-state index is 11.1. The molecule has 2 fully saturated rings. The number of aromatic carboxylic acids is 1. The lowest BCUT2D eigenvalue weighted by Gasteiger charge is -2.44. The number of rotatable bonds is 3. The second kappa shape index (κ2) is 7.61. The fourth-order valence-electron chi connectivity index (χ4n) is 4.89. The van der Waals surface area contributed by atoms with Gasteiger partial charge in [-0.25, -0.2) is 9.64 Å². The molecule has 0 amide bonds. The zero-order valence-electron chi connectivity index (χ0n) is 16.4. The van der Waals surface area contributed by atoms with E-state index in [-0.39, 0.29) is 5.41 Å².